The summed E-state index contributed by atoms with van der Waals surface area (Å²) in [5, 5.41) is 12.0. The molecule has 1 aromatic rings. The first-order chi connectivity index (χ1) is 9.69. The Labute approximate surface area is 115 Å². The van der Waals surface area contributed by atoms with Gasteiger partial charge in [0, 0.05) is 12.1 Å². The van der Waals surface area contributed by atoms with Crippen LogP contribution >= 0.6 is 0 Å². The summed E-state index contributed by atoms with van der Waals surface area (Å²) in [5.41, 5.74) is -0.543. The van der Waals surface area contributed by atoms with Crippen molar-refractivity contribution in [3.8, 4) is 0 Å². The number of ether oxygens (including phenoxy) is 1. The van der Waals surface area contributed by atoms with Crippen LogP contribution in [-0.4, -0.2) is 36.1 Å². The molecule has 0 saturated carbocycles. The van der Waals surface area contributed by atoms with E-state index in [1.54, 1.807) is 0 Å². The Morgan fingerprint density at radius 1 is 1.33 bits per heavy atom. The summed E-state index contributed by atoms with van der Waals surface area (Å²) in [7, 11) is 0. The molecule has 0 heterocycles. The number of nitrogens with zero attached hydrogens (tertiary/aromatic N) is 1. The largest absolute Gasteiger partial charge is 0.452 e. The summed E-state index contributed by atoms with van der Waals surface area (Å²) in [6.45, 7) is -2.46. The third kappa shape index (κ3) is 5.89. The second-order valence-corrected chi connectivity index (χ2v) is 3.78. The highest BCUT2D eigenvalue weighted by Crippen LogP contribution is 2.14. The van der Waals surface area contributed by atoms with Crippen molar-refractivity contribution in [1.29, 1.82) is 0 Å². The number of hydrogen-bond acceptors (Lipinski definition) is 5. The number of rotatable bonds is 5. The van der Waals surface area contributed by atoms with Gasteiger partial charge in [0.1, 0.15) is 6.54 Å². The Hall–Kier alpha value is -2.65. The highest BCUT2D eigenvalue weighted by Gasteiger charge is 2.27. The van der Waals surface area contributed by atoms with Crippen LogP contribution in [0.5, 0.6) is 0 Å². The zero-order valence-corrected chi connectivity index (χ0v) is 10.3. The summed E-state index contributed by atoms with van der Waals surface area (Å²) in [5.74, 6) is -2.19. The van der Waals surface area contributed by atoms with Crippen LogP contribution in [0.1, 0.15) is 10.4 Å². The van der Waals surface area contributed by atoms with E-state index in [9.17, 15) is 32.9 Å². The first-order valence-electron chi connectivity index (χ1n) is 5.44. The second-order valence-electron chi connectivity index (χ2n) is 3.78. The lowest BCUT2D eigenvalue weighted by Gasteiger charge is -2.08. The van der Waals surface area contributed by atoms with Crippen molar-refractivity contribution < 1.29 is 32.4 Å². The average Bonchev–Trinajstić information content (AvgIpc) is 2.41. The Morgan fingerprint density at radius 2 is 2.00 bits per heavy atom. The zero-order chi connectivity index (χ0) is 16.0. The number of nitro benzene ring substituents is 1. The minimum atomic E-state index is -4.57. The number of nitrogens with one attached hydrogen (secondary N) is 1. The Morgan fingerprint density at radius 3 is 2.57 bits per heavy atom. The zero-order valence-electron chi connectivity index (χ0n) is 10.3. The van der Waals surface area contributed by atoms with Crippen molar-refractivity contribution in [2.75, 3.05) is 13.2 Å². The number of halogens is 3. The van der Waals surface area contributed by atoms with Gasteiger partial charge in [0.15, 0.2) is 6.61 Å². The van der Waals surface area contributed by atoms with Crippen molar-refractivity contribution in [3.63, 3.8) is 0 Å². The van der Waals surface area contributed by atoms with Crippen molar-refractivity contribution >= 4 is 17.6 Å². The third-order valence-electron chi connectivity index (χ3n) is 2.11. The number of esters is 1. The van der Waals surface area contributed by atoms with E-state index in [1.807, 2.05) is 0 Å². The van der Waals surface area contributed by atoms with Crippen LogP contribution in [0.25, 0.3) is 0 Å². The Bertz CT molecular complexity index is 559. The minimum Gasteiger partial charge on any atom is -0.452 e. The molecule has 0 radical (unpaired) electrons. The average molecular weight is 306 g/mol. The number of nitro groups is 1. The molecule has 1 rings (SSSR count). The summed E-state index contributed by atoms with van der Waals surface area (Å²) in [6, 6.07) is 4.52. The van der Waals surface area contributed by atoms with Gasteiger partial charge < -0.3 is 10.1 Å². The molecule has 0 saturated heterocycles. The molecule has 21 heavy (non-hydrogen) atoms. The summed E-state index contributed by atoms with van der Waals surface area (Å²) in [6.07, 6.45) is -4.57. The van der Waals surface area contributed by atoms with Gasteiger partial charge in [0.05, 0.1) is 10.5 Å². The summed E-state index contributed by atoms with van der Waals surface area (Å²) >= 11 is 0. The van der Waals surface area contributed by atoms with Crippen molar-refractivity contribution in [2.24, 2.45) is 0 Å². The molecule has 114 valence electrons. The molecule has 0 aliphatic rings. The standard InChI is InChI=1S/C11H9F3N2O5/c12-11(13,14)6-15-9(17)5-21-10(18)7-2-1-3-8(4-7)16(19)20/h1-4H,5-6H2,(H,15,17). The molecule has 0 unspecified atom stereocenters. The fraction of sp³-hybridized carbons (Fsp3) is 0.273. The molecule has 10 heteroatoms. The van der Waals surface area contributed by atoms with E-state index in [1.165, 1.54) is 17.4 Å². The lowest BCUT2D eigenvalue weighted by Crippen LogP contribution is -2.36. The van der Waals surface area contributed by atoms with Gasteiger partial charge in [0.25, 0.3) is 11.6 Å². The van der Waals surface area contributed by atoms with Crippen LogP contribution in [0.4, 0.5) is 18.9 Å². The van der Waals surface area contributed by atoms with Crippen molar-refractivity contribution in [3.05, 3.63) is 39.9 Å². The number of carbonyl (C=O) groups is 2. The molecule has 0 atom stereocenters. The maximum Gasteiger partial charge on any atom is 0.405 e. The predicted molar refractivity (Wildman–Crippen MR) is 62.4 cm³/mol. The van der Waals surface area contributed by atoms with Crippen LogP contribution in [0.3, 0.4) is 0 Å². The highest BCUT2D eigenvalue weighted by atomic mass is 19.4. The molecule has 0 aliphatic carbocycles. The van der Waals surface area contributed by atoms with E-state index in [4.69, 9.17) is 0 Å². The minimum absolute atomic E-state index is 0.187. The molecule has 0 fully saturated rings. The maximum atomic E-state index is 11.8. The van der Waals surface area contributed by atoms with Crippen LogP contribution in [0.2, 0.25) is 0 Å². The topological polar surface area (TPSA) is 98.5 Å². The molecular formula is C11H9F3N2O5. The lowest BCUT2D eigenvalue weighted by molar-refractivity contribution is -0.384. The van der Waals surface area contributed by atoms with E-state index >= 15 is 0 Å². The van der Waals surface area contributed by atoms with Crippen LogP contribution in [0.15, 0.2) is 24.3 Å². The summed E-state index contributed by atoms with van der Waals surface area (Å²) in [4.78, 5) is 32.3. The monoisotopic (exact) mass is 306 g/mol. The van der Waals surface area contributed by atoms with Gasteiger partial charge in [-0.3, -0.25) is 14.9 Å². The highest BCUT2D eigenvalue weighted by molar-refractivity contribution is 5.91. The van der Waals surface area contributed by atoms with E-state index < -0.39 is 36.1 Å². The van der Waals surface area contributed by atoms with Gasteiger partial charge in [0.2, 0.25) is 0 Å². The molecule has 0 bridgehead atoms. The van der Waals surface area contributed by atoms with Gasteiger partial charge in [-0.25, -0.2) is 4.79 Å². The van der Waals surface area contributed by atoms with Crippen LogP contribution < -0.4 is 5.32 Å². The molecule has 0 spiro atoms. The lowest BCUT2D eigenvalue weighted by atomic mass is 10.2. The van der Waals surface area contributed by atoms with Gasteiger partial charge in [-0.15, -0.1) is 0 Å². The third-order valence-corrected chi connectivity index (χ3v) is 2.11. The van der Waals surface area contributed by atoms with Gasteiger partial charge >= 0.3 is 12.1 Å². The number of alkyl halides is 3. The first-order valence-corrected chi connectivity index (χ1v) is 5.44. The second kappa shape index (κ2) is 6.68. The number of carbonyl (C=O) groups excluding carboxylic acids is 2. The Kier molecular flexibility index (Phi) is 5.22. The van der Waals surface area contributed by atoms with Crippen molar-refractivity contribution in [1.82, 2.24) is 5.32 Å². The number of benzene rings is 1. The van der Waals surface area contributed by atoms with Gasteiger partial charge in [-0.1, -0.05) is 6.07 Å². The normalized spacial score (nSPS) is 10.8. The Balaban J connectivity index is 2.52. The van der Waals surface area contributed by atoms with E-state index in [2.05, 4.69) is 4.74 Å². The molecule has 1 N–H and O–H groups in total. The van der Waals surface area contributed by atoms with Gasteiger partial charge in [-0.05, 0) is 6.07 Å². The SMILES string of the molecule is O=C(COC(=O)c1cccc([N+](=O)[O-])c1)NCC(F)(F)F. The smallest absolute Gasteiger partial charge is 0.405 e. The molecular weight excluding hydrogens is 297 g/mol. The van der Waals surface area contributed by atoms with E-state index in [-0.39, 0.29) is 11.3 Å². The predicted octanol–water partition coefficient (Wildman–Crippen LogP) is 1.43. The maximum absolute atomic E-state index is 11.8. The molecule has 7 nitrogen and oxygen atoms in total. The van der Waals surface area contributed by atoms with Crippen molar-refractivity contribution in [2.45, 2.75) is 6.18 Å². The van der Waals surface area contributed by atoms with Gasteiger partial charge in [-0.2, -0.15) is 13.2 Å². The molecule has 1 amide bonds. The summed E-state index contributed by atoms with van der Waals surface area (Å²) < 4.78 is 39.9. The van der Waals surface area contributed by atoms with Crippen LogP contribution in [0, 0.1) is 10.1 Å². The number of non-ortho nitro benzene ring substituents is 1. The number of hydrogen-bond donors (Lipinski definition) is 1. The molecule has 0 aromatic heterocycles. The van der Waals surface area contributed by atoms with Crippen LogP contribution in [-0.2, 0) is 9.53 Å². The fourth-order valence-corrected chi connectivity index (χ4v) is 1.21. The first kappa shape index (κ1) is 16.4. The molecule has 1 aromatic carbocycles. The quantitative estimate of drug-likeness (QED) is 0.504. The number of amides is 1. The molecule has 0 aliphatic heterocycles. The van der Waals surface area contributed by atoms with E-state index in [0.717, 1.165) is 12.1 Å². The fourth-order valence-electron chi connectivity index (χ4n) is 1.21. The van der Waals surface area contributed by atoms with E-state index in [0.29, 0.717) is 0 Å².